The molecule has 6 nitrogen and oxygen atoms in total. The van der Waals surface area contributed by atoms with Crippen LogP contribution in [0, 0.1) is 5.41 Å². The first-order chi connectivity index (χ1) is 7.50. The molecular weight excluding hydrogens is 206 g/mol. The first-order valence-corrected chi connectivity index (χ1v) is 5.55. The first-order valence-electron chi connectivity index (χ1n) is 5.55. The minimum absolute atomic E-state index is 0.0155. The third-order valence-electron chi connectivity index (χ3n) is 2.83. The molecule has 1 aromatic heterocycles. The fourth-order valence-electron chi connectivity index (χ4n) is 2.03. The van der Waals surface area contributed by atoms with E-state index in [-0.39, 0.29) is 17.4 Å². The zero-order valence-electron chi connectivity index (χ0n) is 9.90. The second kappa shape index (κ2) is 3.84. The molecule has 0 aromatic carbocycles. The van der Waals surface area contributed by atoms with Gasteiger partial charge in [-0.15, -0.1) is 5.10 Å². The van der Waals surface area contributed by atoms with Crippen LogP contribution >= 0.6 is 0 Å². The first kappa shape index (κ1) is 11.0. The minimum Gasteiger partial charge on any atom is -0.332 e. The zero-order chi connectivity index (χ0) is 11.8. The average molecular weight is 223 g/mol. The number of nitrogens with zero attached hydrogens (tertiary/aromatic N) is 4. The summed E-state index contributed by atoms with van der Waals surface area (Å²) in [5, 5.41) is 13.8. The van der Waals surface area contributed by atoms with Crippen molar-refractivity contribution in [2.45, 2.75) is 39.7 Å². The standard InChI is InChI=1S/C10H17N5O/c1-10(2,3)9(16)15-6-4-5-7(15)8-11-13-14-12-8/h7H,4-6H2,1-3H3,(H,11,12,13,14)/t7-/m0/s1. The monoisotopic (exact) mass is 223 g/mol. The topological polar surface area (TPSA) is 74.8 Å². The Morgan fingerprint density at radius 3 is 2.81 bits per heavy atom. The third-order valence-corrected chi connectivity index (χ3v) is 2.83. The lowest BCUT2D eigenvalue weighted by Crippen LogP contribution is -2.39. The van der Waals surface area contributed by atoms with Crippen molar-refractivity contribution < 1.29 is 4.79 Å². The summed E-state index contributed by atoms with van der Waals surface area (Å²) < 4.78 is 0. The highest BCUT2D eigenvalue weighted by molar-refractivity contribution is 5.82. The predicted octanol–water partition coefficient (Wildman–Crippen LogP) is 0.909. The van der Waals surface area contributed by atoms with Gasteiger partial charge in [0, 0.05) is 12.0 Å². The van der Waals surface area contributed by atoms with E-state index in [0.29, 0.717) is 5.82 Å². The molecule has 16 heavy (non-hydrogen) atoms. The van der Waals surface area contributed by atoms with E-state index < -0.39 is 0 Å². The van der Waals surface area contributed by atoms with Gasteiger partial charge in [-0.25, -0.2) is 5.10 Å². The number of likely N-dealkylation sites (tertiary alicyclic amines) is 1. The second-order valence-corrected chi connectivity index (χ2v) is 5.19. The Balaban J connectivity index is 2.19. The Morgan fingerprint density at radius 2 is 2.25 bits per heavy atom. The van der Waals surface area contributed by atoms with Crippen LogP contribution in [0.4, 0.5) is 0 Å². The van der Waals surface area contributed by atoms with E-state index in [2.05, 4.69) is 20.6 Å². The van der Waals surface area contributed by atoms with Crippen molar-refractivity contribution in [2.75, 3.05) is 6.54 Å². The molecule has 6 heteroatoms. The second-order valence-electron chi connectivity index (χ2n) is 5.19. The number of rotatable bonds is 1. The summed E-state index contributed by atoms with van der Waals surface area (Å²) in [4.78, 5) is 14.1. The lowest BCUT2D eigenvalue weighted by Gasteiger charge is -2.29. The lowest BCUT2D eigenvalue weighted by molar-refractivity contribution is -0.140. The summed E-state index contributed by atoms with van der Waals surface area (Å²) >= 11 is 0. The molecule has 1 aliphatic rings. The van der Waals surface area contributed by atoms with Crippen molar-refractivity contribution in [1.29, 1.82) is 0 Å². The molecule has 0 saturated carbocycles. The largest absolute Gasteiger partial charge is 0.332 e. The molecule has 1 saturated heterocycles. The SMILES string of the molecule is CC(C)(C)C(=O)N1CCC[C@H]1c1nnn[nH]1. The van der Waals surface area contributed by atoms with Crippen LogP contribution in [0.25, 0.3) is 0 Å². The summed E-state index contributed by atoms with van der Waals surface area (Å²) in [6, 6.07) is 0.0155. The van der Waals surface area contributed by atoms with Gasteiger partial charge in [0.25, 0.3) is 0 Å². The molecule has 1 amide bonds. The van der Waals surface area contributed by atoms with Crippen molar-refractivity contribution >= 4 is 5.91 Å². The molecule has 1 aromatic rings. The van der Waals surface area contributed by atoms with E-state index in [1.54, 1.807) is 0 Å². The normalized spacial score (nSPS) is 21.4. The molecule has 1 aliphatic heterocycles. The molecule has 2 rings (SSSR count). The average Bonchev–Trinajstić information content (AvgIpc) is 2.85. The van der Waals surface area contributed by atoms with Crippen LogP contribution < -0.4 is 0 Å². The number of carbonyl (C=O) groups excluding carboxylic acids is 1. The van der Waals surface area contributed by atoms with Crippen LogP contribution in [-0.4, -0.2) is 38.0 Å². The summed E-state index contributed by atoms with van der Waals surface area (Å²) in [7, 11) is 0. The number of aromatic amines is 1. The van der Waals surface area contributed by atoms with Gasteiger partial charge in [0.1, 0.15) is 0 Å². The number of carbonyl (C=O) groups is 1. The molecule has 2 heterocycles. The number of amides is 1. The van der Waals surface area contributed by atoms with Crippen LogP contribution in [0.15, 0.2) is 0 Å². The quantitative estimate of drug-likeness (QED) is 0.767. The van der Waals surface area contributed by atoms with Crippen molar-refractivity contribution in [2.24, 2.45) is 5.41 Å². The molecule has 0 spiro atoms. The van der Waals surface area contributed by atoms with E-state index in [1.165, 1.54) is 0 Å². The van der Waals surface area contributed by atoms with E-state index in [9.17, 15) is 4.79 Å². The fraction of sp³-hybridized carbons (Fsp3) is 0.800. The van der Waals surface area contributed by atoms with Gasteiger partial charge in [-0.2, -0.15) is 0 Å². The van der Waals surface area contributed by atoms with Gasteiger partial charge in [0.05, 0.1) is 6.04 Å². The number of nitrogens with one attached hydrogen (secondary N) is 1. The maximum absolute atomic E-state index is 12.2. The zero-order valence-corrected chi connectivity index (χ0v) is 9.90. The van der Waals surface area contributed by atoms with Crippen molar-refractivity contribution in [1.82, 2.24) is 25.5 Å². The smallest absolute Gasteiger partial charge is 0.228 e. The Hall–Kier alpha value is -1.46. The van der Waals surface area contributed by atoms with Gasteiger partial charge in [-0.05, 0) is 23.3 Å². The molecule has 88 valence electrons. The van der Waals surface area contributed by atoms with Crippen LogP contribution in [0.3, 0.4) is 0 Å². The number of H-pyrrole nitrogens is 1. The van der Waals surface area contributed by atoms with E-state index in [1.807, 2.05) is 25.7 Å². The van der Waals surface area contributed by atoms with Gasteiger partial charge in [-0.1, -0.05) is 20.8 Å². The Kier molecular flexibility index (Phi) is 2.65. The number of aromatic nitrogens is 4. The van der Waals surface area contributed by atoms with Gasteiger partial charge in [-0.3, -0.25) is 4.79 Å². The molecule has 0 bridgehead atoms. The molecule has 0 aliphatic carbocycles. The fourth-order valence-corrected chi connectivity index (χ4v) is 2.03. The summed E-state index contributed by atoms with van der Waals surface area (Å²) in [6.45, 7) is 6.59. The highest BCUT2D eigenvalue weighted by Crippen LogP contribution is 2.33. The van der Waals surface area contributed by atoms with Gasteiger partial charge in [0.2, 0.25) is 5.91 Å². The van der Waals surface area contributed by atoms with Gasteiger partial charge >= 0.3 is 0 Å². The number of hydrogen-bond acceptors (Lipinski definition) is 4. The van der Waals surface area contributed by atoms with E-state index in [4.69, 9.17) is 0 Å². The predicted molar refractivity (Wildman–Crippen MR) is 57.3 cm³/mol. The van der Waals surface area contributed by atoms with Crippen molar-refractivity contribution in [3.63, 3.8) is 0 Å². The van der Waals surface area contributed by atoms with E-state index in [0.717, 1.165) is 19.4 Å². The van der Waals surface area contributed by atoms with Crippen molar-refractivity contribution in [3.8, 4) is 0 Å². The maximum atomic E-state index is 12.2. The summed E-state index contributed by atoms with van der Waals surface area (Å²) in [6.07, 6.45) is 1.94. The highest BCUT2D eigenvalue weighted by Gasteiger charge is 2.37. The molecular formula is C10H17N5O. The number of tetrazole rings is 1. The van der Waals surface area contributed by atoms with Crippen LogP contribution in [-0.2, 0) is 4.79 Å². The van der Waals surface area contributed by atoms with Gasteiger partial charge in [0.15, 0.2) is 5.82 Å². The Morgan fingerprint density at radius 1 is 1.50 bits per heavy atom. The van der Waals surface area contributed by atoms with Crippen LogP contribution in [0.2, 0.25) is 0 Å². The molecule has 1 atom stereocenters. The number of hydrogen-bond donors (Lipinski definition) is 1. The van der Waals surface area contributed by atoms with Crippen molar-refractivity contribution in [3.05, 3.63) is 5.82 Å². The highest BCUT2D eigenvalue weighted by atomic mass is 16.2. The summed E-state index contributed by atoms with van der Waals surface area (Å²) in [5.74, 6) is 0.849. The van der Waals surface area contributed by atoms with Crippen LogP contribution in [0.1, 0.15) is 45.5 Å². The molecule has 1 fully saturated rings. The molecule has 0 unspecified atom stereocenters. The van der Waals surface area contributed by atoms with E-state index >= 15 is 0 Å². The Labute approximate surface area is 94.4 Å². The minimum atomic E-state index is -0.351. The third kappa shape index (κ3) is 1.91. The maximum Gasteiger partial charge on any atom is 0.228 e. The molecule has 1 N–H and O–H groups in total. The Bertz CT molecular complexity index is 367. The summed E-state index contributed by atoms with van der Waals surface area (Å²) in [5.41, 5.74) is -0.351. The van der Waals surface area contributed by atoms with Crippen LogP contribution in [0.5, 0.6) is 0 Å². The van der Waals surface area contributed by atoms with Gasteiger partial charge < -0.3 is 4.90 Å². The molecule has 0 radical (unpaired) electrons. The lowest BCUT2D eigenvalue weighted by atomic mass is 9.94.